The van der Waals surface area contributed by atoms with Crippen LogP contribution in [0.25, 0.3) is 0 Å². The van der Waals surface area contributed by atoms with Crippen molar-refractivity contribution in [3.05, 3.63) is 29.3 Å². The van der Waals surface area contributed by atoms with E-state index in [-0.39, 0.29) is 0 Å². The van der Waals surface area contributed by atoms with Crippen LogP contribution in [0.1, 0.15) is 25.0 Å². The zero-order valence-corrected chi connectivity index (χ0v) is 10.9. The number of terminal acetylenes is 1. The average Bonchev–Trinajstić information content (AvgIpc) is 2.31. The summed E-state index contributed by atoms with van der Waals surface area (Å²) in [6.07, 6.45) is 7.11. The molecule has 0 aromatic heterocycles. The van der Waals surface area contributed by atoms with Gasteiger partial charge >= 0.3 is 0 Å². The van der Waals surface area contributed by atoms with Gasteiger partial charge < -0.3 is 5.11 Å². The first kappa shape index (κ1) is 13.6. The number of nitrogens with zero attached hydrogens (tertiary/aromatic N) is 1. The molecule has 2 nitrogen and oxygen atoms in total. The molecule has 0 fully saturated rings. The van der Waals surface area contributed by atoms with Gasteiger partial charge in [0.05, 0.1) is 6.54 Å². The van der Waals surface area contributed by atoms with Gasteiger partial charge in [0.25, 0.3) is 0 Å². The molecule has 0 aliphatic heterocycles. The van der Waals surface area contributed by atoms with E-state index in [1.807, 2.05) is 20.0 Å². The van der Waals surface area contributed by atoms with Crippen LogP contribution >= 0.6 is 0 Å². The van der Waals surface area contributed by atoms with Gasteiger partial charge in [0.1, 0.15) is 5.75 Å². The van der Waals surface area contributed by atoms with Gasteiger partial charge in [-0.05, 0) is 44.0 Å². The lowest BCUT2D eigenvalue weighted by Gasteiger charge is -2.22. The lowest BCUT2D eigenvalue weighted by atomic mass is 10.0. The van der Waals surface area contributed by atoms with Crippen LogP contribution in [0.5, 0.6) is 5.75 Å². The zero-order chi connectivity index (χ0) is 12.8. The molecule has 0 heterocycles. The van der Waals surface area contributed by atoms with E-state index in [9.17, 15) is 5.11 Å². The maximum atomic E-state index is 9.63. The molecular weight excluding hydrogens is 210 g/mol. The number of phenolic OH excluding ortho intramolecular Hbond substituents is 1. The van der Waals surface area contributed by atoms with Crippen molar-refractivity contribution in [2.24, 2.45) is 0 Å². The van der Waals surface area contributed by atoms with Gasteiger partial charge in [0.2, 0.25) is 0 Å². The Kier molecular flexibility index (Phi) is 5.06. The fourth-order valence-corrected chi connectivity index (χ4v) is 1.85. The van der Waals surface area contributed by atoms with Crippen molar-refractivity contribution in [2.75, 3.05) is 13.6 Å². The van der Waals surface area contributed by atoms with Gasteiger partial charge in [-0.15, -0.1) is 6.42 Å². The largest absolute Gasteiger partial charge is 0.508 e. The zero-order valence-electron chi connectivity index (χ0n) is 10.9. The van der Waals surface area contributed by atoms with E-state index in [2.05, 4.69) is 23.8 Å². The van der Waals surface area contributed by atoms with E-state index >= 15 is 0 Å². The van der Waals surface area contributed by atoms with Crippen molar-refractivity contribution in [1.29, 1.82) is 0 Å². The van der Waals surface area contributed by atoms with Gasteiger partial charge in [-0.25, -0.2) is 0 Å². The highest BCUT2D eigenvalue weighted by molar-refractivity contribution is 5.36. The quantitative estimate of drug-likeness (QED) is 0.787. The third kappa shape index (κ3) is 3.80. The SMILES string of the molecule is C#CCN(C)C(C)Cc1ccc(O)c(CC)c1. The highest BCUT2D eigenvalue weighted by Gasteiger charge is 2.10. The molecule has 0 radical (unpaired) electrons. The summed E-state index contributed by atoms with van der Waals surface area (Å²) >= 11 is 0. The van der Waals surface area contributed by atoms with Crippen LogP contribution in [0, 0.1) is 12.3 Å². The van der Waals surface area contributed by atoms with E-state index in [0.29, 0.717) is 18.3 Å². The molecule has 0 bridgehead atoms. The van der Waals surface area contributed by atoms with Crippen molar-refractivity contribution in [3.63, 3.8) is 0 Å². The molecule has 92 valence electrons. The highest BCUT2D eigenvalue weighted by atomic mass is 16.3. The number of aryl methyl sites for hydroxylation is 1. The molecule has 2 heteroatoms. The summed E-state index contributed by atoms with van der Waals surface area (Å²) in [5.74, 6) is 3.04. The molecule has 0 saturated heterocycles. The third-order valence-corrected chi connectivity index (χ3v) is 3.15. The van der Waals surface area contributed by atoms with E-state index < -0.39 is 0 Å². The predicted octanol–water partition coefficient (Wildman–Crippen LogP) is 2.45. The van der Waals surface area contributed by atoms with Gasteiger partial charge in [0.15, 0.2) is 0 Å². The third-order valence-electron chi connectivity index (χ3n) is 3.15. The number of rotatable bonds is 5. The minimum absolute atomic E-state index is 0.390. The van der Waals surface area contributed by atoms with Crippen LogP contribution in [0.2, 0.25) is 0 Å². The number of benzene rings is 1. The number of likely N-dealkylation sites (N-methyl/N-ethyl adjacent to an activating group) is 1. The van der Waals surface area contributed by atoms with Crippen LogP contribution in [0.15, 0.2) is 18.2 Å². The minimum atomic E-state index is 0.390. The number of hydrogen-bond acceptors (Lipinski definition) is 2. The second-order valence-electron chi connectivity index (χ2n) is 4.49. The van der Waals surface area contributed by atoms with Crippen LogP contribution in [0.4, 0.5) is 0 Å². The smallest absolute Gasteiger partial charge is 0.118 e. The lowest BCUT2D eigenvalue weighted by Crippen LogP contribution is -2.31. The van der Waals surface area contributed by atoms with Crippen molar-refractivity contribution < 1.29 is 5.11 Å². The Morgan fingerprint density at radius 2 is 2.18 bits per heavy atom. The van der Waals surface area contributed by atoms with Gasteiger partial charge in [-0.1, -0.05) is 25.0 Å². The van der Waals surface area contributed by atoms with Crippen LogP contribution in [-0.2, 0) is 12.8 Å². The fourth-order valence-electron chi connectivity index (χ4n) is 1.85. The summed E-state index contributed by atoms with van der Waals surface area (Å²) in [5.41, 5.74) is 2.25. The molecule has 1 N–H and O–H groups in total. The molecular formula is C15H21NO. The first-order chi connectivity index (χ1) is 8.08. The maximum Gasteiger partial charge on any atom is 0.118 e. The Hall–Kier alpha value is -1.46. The van der Waals surface area contributed by atoms with Crippen LogP contribution in [-0.4, -0.2) is 29.6 Å². The summed E-state index contributed by atoms with van der Waals surface area (Å²) in [4.78, 5) is 2.15. The van der Waals surface area contributed by atoms with Crippen LogP contribution in [0.3, 0.4) is 0 Å². The number of phenols is 1. The molecule has 0 amide bonds. The van der Waals surface area contributed by atoms with E-state index in [1.54, 1.807) is 6.07 Å². The lowest BCUT2D eigenvalue weighted by molar-refractivity contribution is 0.287. The predicted molar refractivity (Wildman–Crippen MR) is 72.1 cm³/mol. The highest BCUT2D eigenvalue weighted by Crippen LogP contribution is 2.20. The summed E-state index contributed by atoms with van der Waals surface area (Å²) in [6.45, 7) is 4.88. The second-order valence-corrected chi connectivity index (χ2v) is 4.49. The van der Waals surface area contributed by atoms with Crippen molar-refractivity contribution >= 4 is 0 Å². The standard InChI is InChI=1S/C15H21NO/c1-5-9-16(4)12(3)10-13-7-8-15(17)14(6-2)11-13/h1,7-8,11-12,17H,6,9-10H2,2-4H3. The Morgan fingerprint density at radius 3 is 2.76 bits per heavy atom. The molecule has 17 heavy (non-hydrogen) atoms. The molecule has 1 aromatic rings. The topological polar surface area (TPSA) is 23.5 Å². The van der Waals surface area contributed by atoms with Gasteiger partial charge in [-0.2, -0.15) is 0 Å². The molecule has 0 saturated carbocycles. The molecule has 1 atom stereocenters. The van der Waals surface area contributed by atoms with Gasteiger partial charge in [-0.3, -0.25) is 4.90 Å². The molecule has 0 aliphatic rings. The monoisotopic (exact) mass is 231 g/mol. The Bertz CT molecular complexity index is 406. The Balaban J connectivity index is 2.72. The van der Waals surface area contributed by atoms with Crippen molar-refractivity contribution in [1.82, 2.24) is 4.90 Å². The van der Waals surface area contributed by atoms with Gasteiger partial charge in [0, 0.05) is 6.04 Å². The number of aromatic hydroxyl groups is 1. The minimum Gasteiger partial charge on any atom is -0.508 e. The maximum absolute atomic E-state index is 9.63. The molecule has 1 unspecified atom stereocenters. The Labute approximate surface area is 104 Å². The molecule has 1 aromatic carbocycles. The average molecular weight is 231 g/mol. The first-order valence-corrected chi connectivity index (χ1v) is 6.03. The summed E-state index contributed by atoms with van der Waals surface area (Å²) in [5, 5.41) is 9.63. The fraction of sp³-hybridized carbons (Fsp3) is 0.467. The van der Waals surface area contributed by atoms with E-state index in [1.165, 1.54) is 5.56 Å². The number of hydrogen-bond donors (Lipinski definition) is 1. The van der Waals surface area contributed by atoms with Crippen molar-refractivity contribution in [3.8, 4) is 18.1 Å². The van der Waals surface area contributed by atoms with E-state index in [0.717, 1.165) is 18.4 Å². The molecule has 1 rings (SSSR count). The normalized spacial score (nSPS) is 12.4. The molecule has 0 aliphatic carbocycles. The second kappa shape index (κ2) is 6.32. The molecule has 0 spiro atoms. The Morgan fingerprint density at radius 1 is 1.47 bits per heavy atom. The van der Waals surface area contributed by atoms with Crippen LogP contribution < -0.4 is 0 Å². The van der Waals surface area contributed by atoms with E-state index in [4.69, 9.17) is 6.42 Å². The summed E-state index contributed by atoms with van der Waals surface area (Å²) in [6, 6.07) is 6.24. The summed E-state index contributed by atoms with van der Waals surface area (Å²) in [7, 11) is 2.03. The van der Waals surface area contributed by atoms with Crippen molar-refractivity contribution in [2.45, 2.75) is 32.7 Å². The first-order valence-electron chi connectivity index (χ1n) is 6.03. The summed E-state index contributed by atoms with van der Waals surface area (Å²) < 4.78 is 0.